The van der Waals surface area contributed by atoms with E-state index in [4.69, 9.17) is 16.3 Å². The third-order valence-corrected chi connectivity index (χ3v) is 3.47. The van der Waals surface area contributed by atoms with Crippen molar-refractivity contribution in [2.45, 2.75) is 26.4 Å². The maximum absolute atomic E-state index is 12.5. The minimum Gasteiger partial charge on any atom is -0.465 e. The standard InChI is InChI=1S/C15H17BClNO6/c1-15(2,3)24-14(20)18-11-6-8(13(19)23-4)5-10(17)9(11)7-12(18)16(21)22/h5-7,21-22H,1-4H3. The number of nitrogens with zero attached hydrogens (tertiary/aromatic N) is 1. The fourth-order valence-corrected chi connectivity index (χ4v) is 2.49. The number of fused-ring (bicyclic) bond motifs is 1. The maximum Gasteiger partial charge on any atom is 0.506 e. The van der Waals surface area contributed by atoms with Gasteiger partial charge >= 0.3 is 19.2 Å². The van der Waals surface area contributed by atoms with Crippen LogP contribution in [0.1, 0.15) is 31.1 Å². The number of carbonyl (C=O) groups is 2. The molecular formula is C15H17BClNO6. The monoisotopic (exact) mass is 353 g/mol. The number of esters is 1. The van der Waals surface area contributed by atoms with Crippen LogP contribution in [-0.2, 0) is 9.47 Å². The molecule has 2 N–H and O–H groups in total. The Bertz CT molecular complexity index is 808. The van der Waals surface area contributed by atoms with E-state index in [-0.39, 0.29) is 21.7 Å². The van der Waals surface area contributed by atoms with Gasteiger partial charge in [-0.05, 0) is 39.0 Å². The number of carbonyl (C=O) groups excluding carboxylic acids is 2. The average molecular weight is 354 g/mol. The van der Waals surface area contributed by atoms with Gasteiger partial charge in [0.05, 0.1) is 28.8 Å². The molecule has 0 spiro atoms. The van der Waals surface area contributed by atoms with Gasteiger partial charge in [0.25, 0.3) is 0 Å². The Morgan fingerprint density at radius 1 is 1.21 bits per heavy atom. The number of benzene rings is 1. The molecule has 0 aliphatic carbocycles. The van der Waals surface area contributed by atoms with Crippen LogP contribution in [0.5, 0.6) is 0 Å². The molecule has 0 saturated heterocycles. The molecule has 0 fully saturated rings. The zero-order chi connectivity index (χ0) is 18.2. The second-order valence-electron chi connectivity index (χ2n) is 6.14. The summed E-state index contributed by atoms with van der Waals surface area (Å²) in [6.07, 6.45) is -0.821. The summed E-state index contributed by atoms with van der Waals surface area (Å²) in [6, 6.07) is 4.11. The summed E-state index contributed by atoms with van der Waals surface area (Å²) in [5.41, 5.74) is -0.588. The molecule has 0 saturated carbocycles. The van der Waals surface area contributed by atoms with Gasteiger partial charge in [0.1, 0.15) is 5.60 Å². The first kappa shape index (κ1) is 18.3. The minimum atomic E-state index is -1.93. The highest BCUT2D eigenvalue weighted by molar-refractivity contribution is 6.59. The Labute approximate surface area is 143 Å². The number of halogens is 1. The van der Waals surface area contributed by atoms with Crippen molar-refractivity contribution < 1.29 is 29.1 Å². The van der Waals surface area contributed by atoms with Gasteiger partial charge in [-0.1, -0.05) is 11.6 Å². The Morgan fingerprint density at radius 2 is 1.83 bits per heavy atom. The van der Waals surface area contributed by atoms with Gasteiger partial charge in [0.15, 0.2) is 0 Å². The second-order valence-corrected chi connectivity index (χ2v) is 6.55. The van der Waals surface area contributed by atoms with Crippen LogP contribution in [0, 0.1) is 0 Å². The van der Waals surface area contributed by atoms with Crippen molar-refractivity contribution in [3.63, 3.8) is 0 Å². The van der Waals surface area contributed by atoms with E-state index in [0.717, 1.165) is 4.57 Å². The van der Waals surface area contributed by atoms with Crippen molar-refractivity contribution in [1.82, 2.24) is 4.57 Å². The van der Waals surface area contributed by atoms with Crippen LogP contribution in [0.25, 0.3) is 10.9 Å². The summed E-state index contributed by atoms with van der Waals surface area (Å²) < 4.78 is 10.9. The number of aromatic nitrogens is 1. The molecule has 0 bridgehead atoms. The summed E-state index contributed by atoms with van der Waals surface area (Å²) in [7, 11) is -0.710. The molecular weight excluding hydrogens is 336 g/mol. The van der Waals surface area contributed by atoms with Gasteiger partial charge in [-0.25, -0.2) is 9.59 Å². The van der Waals surface area contributed by atoms with E-state index in [2.05, 4.69) is 4.74 Å². The zero-order valence-corrected chi connectivity index (χ0v) is 14.4. The van der Waals surface area contributed by atoms with Gasteiger partial charge < -0.3 is 19.5 Å². The van der Waals surface area contributed by atoms with Crippen molar-refractivity contribution in [3.05, 3.63) is 28.8 Å². The summed E-state index contributed by atoms with van der Waals surface area (Å²) in [4.78, 5) is 24.2. The smallest absolute Gasteiger partial charge is 0.465 e. The summed E-state index contributed by atoms with van der Waals surface area (Å²) >= 11 is 6.15. The number of hydrogen-bond acceptors (Lipinski definition) is 6. The third-order valence-electron chi connectivity index (χ3n) is 3.16. The molecule has 0 aliphatic rings. The summed E-state index contributed by atoms with van der Waals surface area (Å²) in [5.74, 6) is -0.637. The van der Waals surface area contributed by atoms with Crippen molar-refractivity contribution >= 4 is 47.3 Å². The van der Waals surface area contributed by atoms with Crippen LogP contribution >= 0.6 is 11.6 Å². The van der Waals surface area contributed by atoms with E-state index < -0.39 is 24.8 Å². The lowest BCUT2D eigenvalue weighted by Crippen LogP contribution is -2.41. The molecule has 0 unspecified atom stereocenters. The molecule has 2 aromatic rings. The van der Waals surface area contributed by atoms with E-state index in [1.807, 2.05) is 0 Å². The molecule has 0 radical (unpaired) electrons. The van der Waals surface area contributed by atoms with Crippen molar-refractivity contribution in [1.29, 1.82) is 0 Å². The molecule has 128 valence electrons. The van der Waals surface area contributed by atoms with Crippen LogP contribution in [-0.4, -0.2) is 46.5 Å². The van der Waals surface area contributed by atoms with Crippen molar-refractivity contribution in [2.24, 2.45) is 0 Å². The van der Waals surface area contributed by atoms with Crippen LogP contribution < -0.4 is 5.59 Å². The molecule has 0 aliphatic heterocycles. The maximum atomic E-state index is 12.5. The van der Waals surface area contributed by atoms with Crippen molar-refractivity contribution in [3.8, 4) is 0 Å². The Balaban J connectivity index is 2.74. The van der Waals surface area contributed by atoms with Gasteiger partial charge in [-0.3, -0.25) is 4.57 Å². The number of rotatable bonds is 2. The van der Waals surface area contributed by atoms with Crippen LogP contribution in [0.3, 0.4) is 0 Å². The van der Waals surface area contributed by atoms with E-state index in [1.54, 1.807) is 20.8 Å². The first-order chi connectivity index (χ1) is 11.0. The Morgan fingerprint density at radius 3 is 2.33 bits per heavy atom. The fourth-order valence-electron chi connectivity index (χ4n) is 2.22. The minimum absolute atomic E-state index is 0.122. The highest BCUT2D eigenvalue weighted by atomic mass is 35.5. The Hall–Kier alpha value is -2.03. The first-order valence-corrected chi connectivity index (χ1v) is 7.45. The number of ether oxygens (including phenoxy) is 2. The van der Waals surface area contributed by atoms with Gasteiger partial charge in [-0.15, -0.1) is 0 Å². The molecule has 24 heavy (non-hydrogen) atoms. The lowest BCUT2D eigenvalue weighted by Gasteiger charge is -2.21. The van der Waals surface area contributed by atoms with E-state index in [1.165, 1.54) is 25.3 Å². The Kier molecular flexibility index (Phi) is 4.93. The SMILES string of the molecule is COC(=O)c1cc(Cl)c2cc(B(O)O)n(C(=O)OC(C)(C)C)c2c1. The van der Waals surface area contributed by atoms with E-state index >= 15 is 0 Å². The number of hydrogen-bond donors (Lipinski definition) is 2. The normalized spacial score (nSPS) is 11.5. The van der Waals surface area contributed by atoms with Crippen LogP contribution in [0.2, 0.25) is 5.02 Å². The highest BCUT2D eigenvalue weighted by Crippen LogP contribution is 2.27. The zero-order valence-electron chi connectivity index (χ0n) is 13.7. The molecule has 1 heterocycles. The highest BCUT2D eigenvalue weighted by Gasteiger charge is 2.28. The van der Waals surface area contributed by atoms with Gasteiger partial charge in [-0.2, -0.15) is 0 Å². The number of methoxy groups -OCH3 is 1. The second kappa shape index (κ2) is 6.47. The molecule has 1 aromatic heterocycles. The molecule has 9 heteroatoms. The summed E-state index contributed by atoms with van der Waals surface area (Å²) in [6.45, 7) is 5.04. The molecule has 2 rings (SSSR count). The van der Waals surface area contributed by atoms with E-state index in [9.17, 15) is 19.6 Å². The predicted molar refractivity (Wildman–Crippen MR) is 89.7 cm³/mol. The predicted octanol–water partition coefficient (Wildman–Crippen LogP) is 1.54. The molecule has 7 nitrogen and oxygen atoms in total. The van der Waals surface area contributed by atoms with Crippen LogP contribution in [0.15, 0.2) is 18.2 Å². The quantitative estimate of drug-likeness (QED) is 0.628. The summed E-state index contributed by atoms with van der Waals surface area (Å²) in [5, 5.41) is 19.7. The lowest BCUT2D eigenvalue weighted by atomic mass is 9.86. The molecule has 1 aromatic carbocycles. The fraction of sp³-hybridized carbons (Fsp3) is 0.333. The van der Waals surface area contributed by atoms with E-state index in [0.29, 0.717) is 5.39 Å². The first-order valence-electron chi connectivity index (χ1n) is 7.08. The molecule has 0 amide bonds. The average Bonchev–Trinajstić information content (AvgIpc) is 2.84. The lowest BCUT2D eigenvalue weighted by molar-refractivity contribution is 0.0544. The largest absolute Gasteiger partial charge is 0.506 e. The molecule has 0 atom stereocenters. The van der Waals surface area contributed by atoms with Crippen molar-refractivity contribution in [2.75, 3.05) is 7.11 Å². The van der Waals surface area contributed by atoms with Crippen LogP contribution in [0.4, 0.5) is 4.79 Å². The van der Waals surface area contributed by atoms with Gasteiger partial charge in [0, 0.05) is 5.39 Å². The van der Waals surface area contributed by atoms with Gasteiger partial charge in [0.2, 0.25) is 0 Å². The third kappa shape index (κ3) is 3.56. The topological polar surface area (TPSA) is 98.0 Å².